The summed E-state index contributed by atoms with van der Waals surface area (Å²) in [6.07, 6.45) is 13.0. The van der Waals surface area contributed by atoms with Gasteiger partial charge in [-0.2, -0.15) is 0 Å². The van der Waals surface area contributed by atoms with Gasteiger partial charge in [0, 0.05) is 55.3 Å². The van der Waals surface area contributed by atoms with Gasteiger partial charge in [0.2, 0.25) is 0 Å². The number of anilines is 3. The molecule has 6 aromatic carbocycles. The van der Waals surface area contributed by atoms with Crippen molar-refractivity contribution in [3.05, 3.63) is 216 Å². The maximum absolute atomic E-state index is 2.27. The molecule has 0 fully saturated rings. The summed E-state index contributed by atoms with van der Waals surface area (Å²) in [5, 5.41) is 0. The average Bonchev–Trinajstić information content (AvgIpc) is 3.19. The molecule has 0 N–H and O–H groups in total. The van der Waals surface area contributed by atoms with Crippen LogP contribution in [0.1, 0.15) is 33.4 Å². The number of rotatable bonds is 3. The summed E-state index contributed by atoms with van der Waals surface area (Å²) in [6.45, 7) is 2.87. The van der Waals surface area contributed by atoms with Crippen LogP contribution in [0, 0.1) is 0 Å². The van der Waals surface area contributed by atoms with Gasteiger partial charge < -0.3 is 14.7 Å². The Hall–Kier alpha value is -5.41. The van der Waals surface area contributed by atoms with E-state index in [1.807, 2.05) is 18.2 Å². The predicted molar refractivity (Wildman–Crippen MR) is 204 cm³/mol. The van der Waals surface area contributed by atoms with Gasteiger partial charge in [-0.3, -0.25) is 0 Å². The largest absolute Gasteiger partial charge is 3.00 e. The fourth-order valence-electron chi connectivity index (χ4n) is 6.13. The molecule has 240 valence electrons. The van der Waals surface area contributed by atoms with E-state index in [0.717, 1.165) is 19.6 Å². The number of hydrogen-bond donors (Lipinski definition) is 0. The second-order valence-electron chi connectivity index (χ2n) is 11.9. The second-order valence-corrected chi connectivity index (χ2v) is 11.9. The van der Waals surface area contributed by atoms with Gasteiger partial charge in [-0.25, -0.2) is 0 Å². The molecule has 9 rings (SSSR count). The van der Waals surface area contributed by atoms with Crippen LogP contribution in [-0.2, 0) is 39.7 Å². The van der Waals surface area contributed by atoms with Gasteiger partial charge in [-0.1, -0.05) is 127 Å². The Balaban J connectivity index is 0.000000126. The molecular formula is C45H39IrN3+3. The van der Waals surface area contributed by atoms with Crippen LogP contribution in [0.2, 0.25) is 0 Å². The minimum atomic E-state index is 0. The Kier molecular flexibility index (Phi) is 11.4. The minimum Gasteiger partial charge on any atom is -0.344 e. The van der Waals surface area contributed by atoms with Crippen molar-refractivity contribution in [1.82, 2.24) is 0 Å². The van der Waals surface area contributed by atoms with E-state index in [4.69, 9.17) is 0 Å². The third-order valence-corrected chi connectivity index (χ3v) is 8.75. The fraction of sp³-hybridized carbons (Fsp3) is 0.0667. The van der Waals surface area contributed by atoms with E-state index in [0.29, 0.717) is 0 Å². The van der Waals surface area contributed by atoms with Crippen molar-refractivity contribution in [2.75, 3.05) is 14.7 Å². The molecule has 0 unspecified atom stereocenters. The first kappa shape index (κ1) is 33.5. The quantitative estimate of drug-likeness (QED) is 0.176. The molecule has 0 aliphatic carbocycles. The standard InChI is InChI=1S/3C15H13N.Ir/c3*1-2-8-15(9-3-1)16-11-10-13-6-4-5-7-14(13)12-16;/h3*1-11H,12H2;/q;;;+3. The number of nitrogens with zero attached hydrogens (tertiary/aromatic N) is 3. The third-order valence-electron chi connectivity index (χ3n) is 8.75. The minimum absolute atomic E-state index is 0. The van der Waals surface area contributed by atoms with E-state index < -0.39 is 0 Å². The molecule has 4 heteroatoms. The van der Waals surface area contributed by atoms with Gasteiger partial charge in [0.1, 0.15) is 0 Å². The van der Waals surface area contributed by atoms with E-state index in [1.165, 1.54) is 50.4 Å². The molecule has 0 saturated heterocycles. The van der Waals surface area contributed by atoms with E-state index in [2.05, 4.69) is 197 Å². The molecular weight excluding hydrogens is 775 g/mol. The Morgan fingerprint density at radius 1 is 0.286 bits per heavy atom. The number of benzene rings is 6. The maximum atomic E-state index is 2.27. The maximum Gasteiger partial charge on any atom is 3.00 e. The molecule has 0 spiro atoms. The van der Waals surface area contributed by atoms with Crippen LogP contribution in [-0.4, -0.2) is 0 Å². The summed E-state index contributed by atoms with van der Waals surface area (Å²) in [6, 6.07) is 57.0. The zero-order valence-electron chi connectivity index (χ0n) is 27.3. The van der Waals surface area contributed by atoms with Crippen molar-refractivity contribution in [2.45, 2.75) is 19.6 Å². The van der Waals surface area contributed by atoms with Gasteiger partial charge in [-0.15, -0.1) is 0 Å². The van der Waals surface area contributed by atoms with Gasteiger partial charge in [0.15, 0.2) is 0 Å². The average molecular weight is 814 g/mol. The number of para-hydroxylation sites is 3. The molecule has 49 heavy (non-hydrogen) atoms. The van der Waals surface area contributed by atoms with Crippen molar-refractivity contribution >= 4 is 35.3 Å². The summed E-state index contributed by atoms with van der Waals surface area (Å²) in [4.78, 5) is 6.80. The second kappa shape index (κ2) is 16.6. The summed E-state index contributed by atoms with van der Waals surface area (Å²) < 4.78 is 0. The van der Waals surface area contributed by atoms with Crippen molar-refractivity contribution in [3.63, 3.8) is 0 Å². The fourth-order valence-corrected chi connectivity index (χ4v) is 6.13. The first-order chi connectivity index (χ1) is 23.8. The van der Waals surface area contributed by atoms with Crippen LogP contribution >= 0.6 is 0 Å². The van der Waals surface area contributed by atoms with Crippen LogP contribution in [0.5, 0.6) is 0 Å². The molecule has 3 aliphatic heterocycles. The Labute approximate surface area is 304 Å². The Morgan fingerprint density at radius 2 is 0.531 bits per heavy atom. The van der Waals surface area contributed by atoms with Gasteiger partial charge in [0.05, 0.1) is 0 Å². The monoisotopic (exact) mass is 814 g/mol. The van der Waals surface area contributed by atoms with Gasteiger partial charge in [0.25, 0.3) is 0 Å². The normalized spacial score (nSPS) is 13.3. The van der Waals surface area contributed by atoms with Crippen LogP contribution in [0.25, 0.3) is 18.2 Å². The first-order valence-electron chi connectivity index (χ1n) is 16.5. The smallest absolute Gasteiger partial charge is 0.344 e. The molecule has 0 aromatic heterocycles. The predicted octanol–water partition coefficient (Wildman–Crippen LogP) is 11.0. The molecule has 0 radical (unpaired) electrons. The van der Waals surface area contributed by atoms with Crippen LogP contribution < -0.4 is 14.7 Å². The van der Waals surface area contributed by atoms with Crippen molar-refractivity contribution in [3.8, 4) is 0 Å². The van der Waals surface area contributed by atoms with Crippen molar-refractivity contribution in [2.24, 2.45) is 0 Å². The summed E-state index contributed by atoms with van der Waals surface area (Å²) in [5.41, 5.74) is 11.9. The van der Waals surface area contributed by atoms with E-state index in [1.54, 1.807) is 0 Å². The van der Waals surface area contributed by atoms with Crippen LogP contribution in [0.4, 0.5) is 17.1 Å². The summed E-state index contributed by atoms with van der Waals surface area (Å²) >= 11 is 0. The number of hydrogen-bond acceptors (Lipinski definition) is 3. The molecule has 3 heterocycles. The van der Waals surface area contributed by atoms with Gasteiger partial charge in [-0.05, 0) is 88.0 Å². The zero-order chi connectivity index (χ0) is 32.4. The molecule has 0 saturated carbocycles. The topological polar surface area (TPSA) is 9.72 Å². The SMILES string of the molecule is C1=CN(c2ccccc2)Cc2ccccc21.C1=CN(c2ccccc2)Cc2ccccc21.C1=CN(c2ccccc2)Cc2ccccc21.[Ir+3]. The van der Waals surface area contributed by atoms with E-state index in [-0.39, 0.29) is 20.1 Å². The summed E-state index contributed by atoms with van der Waals surface area (Å²) in [7, 11) is 0. The third kappa shape index (κ3) is 8.55. The Morgan fingerprint density at radius 3 is 0.816 bits per heavy atom. The van der Waals surface area contributed by atoms with Crippen molar-refractivity contribution < 1.29 is 20.1 Å². The molecule has 0 bridgehead atoms. The van der Waals surface area contributed by atoms with Crippen LogP contribution in [0.15, 0.2) is 182 Å². The van der Waals surface area contributed by atoms with Crippen molar-refractivity contribution in [1.29, 1.82) is 0 Å². The zero-order valence-corrected chi connectivity index (χ0v) is 29.7. The molecule has 6 aromatic rings. The summed E-state index contributed by atoms with van der Waals surface area (Å²) in [5.74, 6) is 0. The van der Waals surface area contributed by atoms with E-state index >= 15 is 0 Å². The number of fused-ring (bicyclic) bond motifs is 3. The molecule has 3 nitrogen and oxygen atoms in total. The first-order valence-corrected chi connectivity index (χ1v) is 16.5. The van der Waals surface area contributed by atoms with Crippen LogP contribution in [0.3, 0.4) is 0 Å². The van der Waals surface area contributed by atoms with E-state index in [9.17, 15) is 0 Å². The molecule has 0 atom stereocenters. The van der Waals surface area contributed by atoms with Gasteiger partial charge >= 0.3 is 20.1 Å². The Bertz CT molecular complexity index is 1780. The molecule has 0 amide bonds. The molecule has 3 aliphatic rings.